The zero-order valence-electron chi connectivity index (χ0n) is 10.0. The highest BCUT2D eigenvalue weighted by atomic mass is 16.4. The molecule has 1 amide bonds. The van der Waals surface area contributed by atoms with Gasteiger partial charge < -0.3 is 10.0 Å². The van der Waals surface area contributed by atoms with Crippen molar-refractivity contribution in [2.75, 3.05) is 11.4 Å². The van der Waals surface area contributed by atoms with E-state index >= 15 is 0 Å². The van der Waals surface area contributed by atoms with Crippen LogP contribution < -0.4 is 4.90 Å². The van der Waals surface area contributed by atoms with Gasteiger partial charge in [-0.05, 0) is 30.9 Å². The maximum atomic E-state index is 12.2. The van der Waals surface area contributed by atoms with Crippen LogP contribution in [0.25, 0.3) is 0 Å². The monoisotopic (exact) mass is 245 g/mol. The van der Waals surface area contributed by atoms with E-state index in [1.807, 2.05) is 24.3 Å². The number of carboxylic acids is 1. The third kappa shape index (κ3) is 1.88. The van der Waals surface area contributed by atoms with Gasteiger partial charge in [0.25, 0.3) is 0 Å². The van der Waals surface area contributed by atoms with Crippen LogP contribution in [0.1, 0.15) is 18.4 Å². The number of hydrogen-bond donors (Lipinski definition) is 1. The number of carboxylic acid groups (broad SMARTS) is 1. The predicted octanol–water partition coefficient (Wildman–Crippen LogP) is 1.69. The minimum absolute atomic E-state index is 0.0911. The van der Waals surface area contributed by atoms with Crippen molar-refractivity contribution >= 4 is 17.6 Å². The maximum Gasteiger partial charge on any atom is 0.308 e. The van der Waals surface area contributed by atoms with Crippen molar-refractivity contribution in [3.8, 4) is 0 Å². The van der Waals surface area contributed by atoms with Crippen LogP contribution in [0.2, 0.25) is 0 Å². The van der Waals surface area contributed by atoms with Crippen molar-refractivity contribution in [1.82, 2.24) is 0 Å². The smallest absolute Gasteiger partial charge is 0.308 e. The minimum Gasteiger partial charge on any atom is -0.481 e. The van der Waals surface area contributed by atoms with E-state index in [1.54, 1.807) is 4.90 Å². The van der Waals surface area contributed by atoms with Gasteiger partial charge in [0.05, 0.1) is 5.92 Å². The molecule has 1 unspecified atom stereocenters. The zero-order chi connectivity index (χ0) is 12.7. The van der Waals surface area contributed by atoms with Crippen LogP contribution in [0.5, 0.6) is 0 Å². The van der Waals surface area contributed by atoms with Crippen LogP contribution >= 0.6 is 0 Å². The van der Waals surface area contributed by atoms with Gasteiger partial charge in [0, 0.05) is 18.2 Å². The summed E-state index contributed by atoms with van der Waals surface area (Å²) >= 11 is 0. The molecule has 0 aromatic heterocycles. The lowest BCUT2D eigenvalue weighted by Gasteiger charge is -2.33. The molecule has 3 rings (SSSR count). The molecule has 0 saturated heterocycles. The molecule has 18 heavy (non-hydrogen) atoms. The molecule has 4 heteroatoms. The summed E-state index contributed by atoms with van der Waals surface area (Å²) in [5.41, 5.74) is 1.86. The summed E-state index contributed by atoms with van der Waals surface area (Å²) < 4.78 is 0. The SMILES string of the molecule is O=C(O)C1Cc2ccccc2N(C(=O)C2CC2)C1. The summed E-state index contributed by atoms with van der Waals surface area (Å²) in [6.45, 7) is 0.307. The van der Waals surface area contributed by atoms with Crippen LogP contribution in [0.15, 0.2) is 24.3 Å². The van der Waals surface area contributed by atoms with Gasteiger partial charge in [0.2, 0.25) is 5.91 Å². The lowest BCUT2D eigenvalue weighted by atomic mass is 9.92. The second-order valence-corrected chi connectivity index (χ2v) is 5.09. The Kier molecular flexibility index (Phi) is 2.58. The van der Waals surface area contributed by atoms with Gasteiger partial charge in [-0.3, -0.25) is 9.59 Å². The van der Waals surface area contributed by atoms with E-state index in [4.69, 9.17) is 0 Å². The molecule has 1 aliphatic heterocycles. The number of fused-ring (bicyclic) bond motifs is 1. The van der Waals surface area contributed by atoms with Crippen LogP contribution in [0, 0.1) is 11.8 Å². The number of benzene rings is 1. The molecule has 1 atom stereocenters. The minimum atomic E-state index is -0.821. The third-order valence-corrected chi connectivity index (χ3v) is 3.69. The average molecular weight is 245 g/mol. The fourth-order valence-corrected chi connectivity index (χ4v) is 2.52. The standard InChI is InChI=1S/C14H15NO3/c16-13(9-5-6-9)15-8-11(14(17)18)7-10-3-1-2-4-12(10)15/h1-4,9,11H,5-8H2,(H,17,18). The summed E-state index contributed by atoms with van der Waals surface area (Å²) in [5, 5.41) is 9.18. The van der Waals surface area contributed by atoms with Gasteiger partial charge in [0.15, 0.2) is 0 Å². The second kappa shape index (κ2) is 4.12. The number of rotatable bonds is 2. The number of carbonyl (C=O) groups excluding carboxylic acids is 1. The quantitative estimate of drug-likeness (QED) is 0.862. The molecule has 4 nitrogen and oxygen atoms in total. The van der Waals surface area contributed by atoms with E-state index in [-0.39, 0.29) is 11.8 Å². The van der Waals surface area contributed by atoms with E-state index in [9.17, 15) is 14.7 Å². The molecule has 94 valence electrons. The first-order valence-corrected chi connectivity index (χ1v) is 6.29. The fourth-order valence-electron chi connectivity index (χ4n) is 2.52. The van der Waals surface area contributed by atoms with Crippen molar-refractivity contribution in [1.29, 1.82) is 0 Å². The molecule has 1 fully saturated rings. The van der Waals surface area contributed by atoms with Gasteiger partial charge in [-0.15, -0.1) is 0 Å². The first-order valence-electron chi connectivity index (χ1n) is 6.29. The van der Waals surface area contributed by atoms with Crippen molar-refractivity contribution in [3.63, 3.8) is 0 Å². The maximum absolute atomic E-state index is 12.2. The molecule has 1 N–H and O–H groups in total. The zero-order valence-corrected chi connectivity index (χ0v) is 10.0. The van der Waals surface area contributed by atoms with E-state index in [0.29, 0.717) is 13.0 Å². The van der Waals surface area contributed by atoms with Crippen molar-refractivity contribution in [3.05, 3.63) is 29.8 Å². The molecule has 1 heterocycles. The second-order valence-electron chi connectivity index (χ2n) is 5.09. The Labute approximate surface area is 105 Å². The molecular formula is C14H15NO3. The summed E-state index contributed by atoms with van der Waals surface area (Å²) in [6.07, 6.45) is 2.39. The molecule has 0 radical (unpaired) electrons. The predicted molar refractivity (Wildman–Crippen MR) is 66.3 cm³/mol. The Morgan fingerprint density at radius 2 is 1.89 bits per heavy atom. The molecule has 2 aliphatic rings. The van der Waals surface area contributed by atoms with Crippen LogP contribution in [-0.4, -0.2) is 23.5 Å². The normalized spacial score (nSPS) is 22.4. The Hall–Kier alpha value is -1.84. The number of anilines is 1. The van der Waals surface area contributed by atoms with Gasteiger partial charge in [-0.2, -0.15) is 0 Å². The van der Waals surface area contributed by atoms with E-state index < -0.39 is 11.9 Å². The van der Waals surface area contributed by atoms with E-state index in [0.717, 1.165) is 24.1 Å². The van der Waals surface area contributed by atoms with Crippen molar-refractivity contribution in [2.24, 2.45) is 11.8 Å². The molecule has 0 bridgehead atoms. The Bertz CT molecular complexity index is 508. The van der Waals surface area contributed by atoms with E-state index in [2.05, 4.69) is 0 Å². The topological polar surface area (TPSA) is 57.6 Å². The van der Waals surface area contributed by atoms with Crippen LogP contribution in [-0.2, 0) is 16.0 Å². The summed E-state index contributed by atoms with van der Waals surface area (Å²) in [5.74, 6) is -1.10. The largest absolute Gasteiger partial charge is 0.481 e. The van der Waals surface area contributed by atoms with Gasteiger partial charge in [-0.1, -0.05) is 18.2 Å². The van der Waals surface area contributed by atoms with E-state index in [1.165, 1.54) is 0 Å². The lowest BCUT2D eigenvalue weighted by Crippen LogP contribution is -2.43. The third-order valence-electron chi connectivity index (χ3n) is 3.69. The Morgan fingerprint density at radius 3 is 2.56 bits per heavy atom. The molecule has 1 aliphatic carbocycles. The summed E-state index contributed by atoms with van der Waals surface area (Å²) in [4.78, 5) is 25.1. The number of para-hydroxylation sites is 1. The number of nitrogens with zero attached hydrogens (tertiary/aromatic N) is 1. The van der Waals surface area contributed by atoms with Crippen molar-refractivity contribution < 1.29 is 14.7 Å². The summed E-state index contributed by atoms with van der Waals surface area (Å²) in [6, 6.07) is 7.61. The summed E-state index contributed by atoms with van der Waals surface area (Å²) in [7, 11) is 0. The number of aliphatic carboxylic acids is 1. The molecule has 1 aromatic carbocycles. The highest BCUT2D eigenvalue weighted by molar-refractivity contribution is 5.98. The molecule has 1 saturated carbocycles. The van der Waals surface area contributed by atoms with Gasteiger partial charge in [0.1, 0.15) is 0 Å². The molecule has 1 aromatic rings. The first-order chi connectivity index (χ1) is 8.66. The van der Waals surface area contributed by atoms with Gasteiger partial charge >= 0.3 is 5.97 Å². The fraction of sp³-hybridized carbons (Fsp3) is 0.429. The number of hydrogen-bond acceptors (Lipinski definition) is 2. The Morgan fingerprint density at radius 1 is 1.17 bits per heavy atom. The highest BCUT2D eigenvalue weighted by Gasteiger charge is 2.38. The number of carbonyl (C=O) groups is 2. The lowest BCUT2D eigenvalue weighted by molar-refractivity contribution is -0.141. The van der Waals surface area contributed by atoms with Gasteiger partial charge in [-0.25, -0.2) is 0 Å². The van der Waals surface area contributed by atoms with Crippen LogP contribution in [0.3, 0.4) is 0 Å². The molecule has 0 spiro atoms. The van der Waals surface area contributed by atoms with Crippen LogP contribution in [0.4, 0.5) is 5.69 Å². The highest BCUT2D eigenvalue weighted by Crippen LogP contribution is 2.36. The first kappa shape index (κ1) is 11.3. The average Bonchev–Trinajstić information content (AvgIpc) is 3.20. The number of amides is 1. The Balaban J connectivity index is 1.96. The molecular weight excluding hydrogens is 230 g/mol. The van der Waals surface area contributed by atoms with Crippen molar-refractivity contribution in [2.45, 2.75) is 19.3 Å².